The highest BCUT2D eigenvalue weighted by atomic mass is 28.4. The minimum atomic E-state index is -5.56. The van der Waals surface area contributed by atoms with E-state index in [2.05, 4.69) is 9.68 Å². The van der Waals surface area contributed by atoms with E-state index >= 15 is 0 Å². The van der Waals surface area contributed by atoms with Crippen LogP contribution in [-0.4, -0.2) is 26.4 Å². The highest BCUT2D eigenvalue weighted by Gasteiger charge is 2.54. The molecule has 0 spiro atoms. The molecular formula is C6H9F6NOSi. The lowest BCUT2D eigenvalue weighted by Gasteiger charge is -2.17. The number of oxime groups is 1. The van der Waals surface area contributed by atoms with Crippen LogP contribution in [0.25, 0.3) is 0 Å². The summed E-state index contributed by atoms with van der Waals surface area (Å²) >= 11 is 0. The first-order valence-electron chi connectivity index (χ1n) is 3.74. The van der Waals surface area contributed by atoms with Crippen molar-refractivity contribution in [2.45, 2.75) is 32.0 Å². The van der Waals surface area contributed by atoms with E-state index in [1.54, 1.807) is 0 Å². The van der Waals surface area contributed by atoms with Crippen LogP contribution in [0, 0.1) is 0 Å². The first kappa shape index (κ1) is 14.3. The zero-order valence-corrected chi connectivity index (χ0v) is 9.12. The third-order valence-electron chi connectivity index (χ3n) is 0.948. The average molecular weight is 253 g/mol. The first-order chi connectivity index (χ1) is 6.34. The summed E-state index contributed by atoms with van der Waals surface area (Å²) in [6, 6.07) is 0. The highest BCUT2D eigenvalue weighted by Crippen LogP contribution is 2.30. The lowest BCUT2D eigenvalue weighted by molar-refractivity contribution is -0.120. The average Bonchev–Trinajstić information content (AvgIpc) is 1.75. The van der Waals surface area contributed by atoms with Gasteiger partial charge in [-0.1, -0.05) is 5.16 Å². The second-order valence-electron chi connectivity index (χ2n) is 3.64. The van der Waals surface area contributed by atoms with E-state index in [4.69, 9.17) is 0 Å². The van der Waals surface area contributed by atoms with Gasteiger partial charge in [0.2, 0.25) is 0 Å². The standard InChI is InChI=1S/C6H9F6NOSi/c1-15(2,3)14-13-4(5(7,8)9)6(10,11)12/h1-3H3. The van der Waals surface area contributed by atoms with Crippen molar-refractivity contribution in [3.8, 4) is 0 Å². The minimum absolute atomic E-state index is 1.42. The van der Waals surface area contributed by atoms with E-state index < -0.39 is 26.4 Å². The van der Waals surface area contributed by atoms with E-state index in [9.17, 15) is 26.3 Å². The van der Waals surface area contributed by atoms with Crippen LogP contribution in [0.3, 0.4) is 0 Å². The van der Waals surface area contributed by atoms with Gasteiger partial charge < -0.3 is 4.53 Å². The first-order valence-corrected chi connectivity index (χ1v) is 7.15. The van der Waals surface area contributed by atoms with Gasteiger partial charge in [0.05, 0.1) is 0 Å². The summed E-state index contributed by atoms with van der Waals surface area (Å²) in [4.78, 5) is 0. The van der Waals surface area contributed by atoms with Crippen LogP contribution >= 0.6 is 0 Å². The molecule has 0 heterocycles. The molecule has 90 valence electrons. The maximum absolute atomic E-state index is 11.9. The number of nitrogens with zero attached hydrogens (tertiary/aromatic N) is 1. The van der Waals surface area contributed by atoms with Crippen molar-refractivity contribution in [3.63, 3.8) is 0 Å². The molecule has 0 radical (unpaired) electrons. The van der Waals surface area contributed by atoms with Crippen LogP contribution in [0.2, 0.25) is 19.6 Å². The van der Waals surface area contributed by atoms with Crippen molar-refractivity contribution in [1.29, 1.82) is 0 Å². The molecule has 0 unspecified atom stereocenters. The van der Waals surface area contributed by atoms with Crippen LogP contribution in [0.5, 0.6) is 0 Å². The quantitative estimate of drug-likeness (QED) is 0.320. The zero-order valence-electron chi connectivity index (χ0n) is 8.12. The van der Waals surface area contributed by atoms with Crippen molar-refractivity contribution in [1.82, 2.24) is 0 Å². The smallest absolute Gasteiger partial charge is 0.441 e. The van der Waals surface area contributed by atoms with Crippen molar-refractivity contribution >= 4 is 14.0 Å². The highest BCUT2D eigenvalue weighted by molar-refractivity contribution is 6.69. The summed E-state index contributed by atoms with van der Waals surface area (Å²) in [5, 5.41) is 2.17. The van der Waals surface area contributed by atoms with E-state index in [-0.39, 0.29) is 0 Å². The Kier molecular flexibility index (Phi) is 3.83. The van der Waals surface area contributed by atoms with E-state index in [0.29, 0.717) is 0 Å². The Morgan fingerprint density at radius 2 is 1.27 bits per heavy atom. The Morgan fingerprint density at radius 3 is 1.47 bits per heavy atom. The molecule has 0 aromatic carbocycles. The van der Waals surface area contributed by atoms with Gasteiger partial charge in [-0.3, -0.25) is 0 Å². The molecule has 0 aromatic heterocycles. The lowest BCUT2D eigenvalue weighted by atomic mass is 10.3. The van der Waals surface area contributed by atoms with Gasteiger partial charge >= 0.3 is 12.4 Å². The molecule has 0 rings (SSSR count). The molecule has 0 aromatic rings. The minimum Gasteiger partial charge on any atom is -0.455 e. The molecule has 0 aliphatic heterocycles. The fourth-order valence-electron chi connectivity index (χ4n) is 0.447. The third kappa shape index (κ3) is 5.65. The Hall–Kier alpha value is -0.733. The monoisotopic (exact) mass is 253 g/mol. The normalized spacial score (nSPS) is 13.7. The summed E-state index contributed by atoms with van der Waals surface area (Å²) in [6.07, 6.45) is -11.1. The van der Waals surface area contributed by atoms with Gasteiger partial charge in [-0.25, -0.2) is 0 Å². The molecule has 9 heteroatoms. The second-order valence-corrected chi connectivity index (χ2v) is 8.05. The second kappa shape index (κ2) is 4.03. The van der Waals surface area contributed by atoms with Gasteiger partial charge in [0.1, 0.15) is 0 Å². The molecule has 0 amide bonds. The summed E-state index contributed by atoms with van der Waals surface area (Å²) in [6.45, 7) is 4.25. The predicted molar refractivity (Wildman–Crippen MR) is 44.0 cm³/mol. The van der Waals surface area contributed by atoms with Crippen LogP contribution < -0.4 is 0 Å². The van der Waals surface area contributed by atoms with Crippen molar-refractivity contribution < 1.29 is 30.9 Å². The number of rotatable bonds is 2. The maximum Gasteiger partial charge on any atom is 0.441 e. The molecular weight excluding hydrogens is 244 g/mol. The summed E-state index contributed by atoms with van der Waals surface area (Å²) in [7, 11) is -2.57. The van der Waals surface area contributed by atoms with Crippen molar-refractivity contribution in [3.05, 3.63) is 0 Å². The van der Waals surface area contributed by atoms with Gasteiger partial charge in [-0.2, -0.15) is 26.3 Å². The fourth-order valence-corrected chi connectivity index (χ4v) is 0.812. The summed E-state index contributed by atoms with van der Waals surface area (Å²) in [5.41, 5.74) is -2.86. The molecule has 15 heavy (non-hydrogen) atoms. The van der Waals surface area contributed by atoms with Crippen molar-refractivity contribution in [2.24, 2.45) is 5.16 Å². The summed E-state index contributed by atoms with van der Waals surface area (Å²) in [5.74, 6) is 0. The van der Waals surface area contributed by atoms with Crippen LogP contribution in [0.15, 0.2) is 5.16 Å². The SMILES string of the molecule is C[Si](C)(C)ON=C(C(F)(F)F)C(F)(F)F. The van der Waals surface area contributed by atoms with E-state index in [1.165, 1.54) is 19.6 Å². The lowest BCUT2D eigenvalue weighted by Crippen LogP contribution is -2.38. The van der Waals surface area contributed by atoms with Crippen molar-refractivity contribution in [2.75, 3.05) is 0 Å². The van der Waals surface area contributed by atoms with Gasteiger partial charge in [0, 0.05) is 0 Å². The number of hydrogen-bond donors (Lipinski definition) is 0. The van der Waals surface area contributed by atoms with Gasteiger partial charge in [0.25, 0.3) is 14.0 Å². The molecule has 0 N–H and O–H groups in total. The van der Waals surface area contributed by atoms with Gasteiger partial charge in [-0.15, -0.1) is 0 Å². The fraction of sp³-hybridized carbons (Fsp3) is 0.833. The van der Waals surface area contributed by atoms with Crippen LogP contribution in [0.4, 0.5) is 26.3 Å². The molecule has 0 aliphatic rings. The van der Waals surface area contributed by atoms with Gasteiger partial charge in [-0.05, 0) is 19.6 Å². The molecule has 0 aliphatic carbocycles. The molecule has 0 saturated carbocycles. The molecule has 0 bridgehead atoms. The topological polar surface area (TPSA) is 21.6 Å². The molecule has 0 atom stereocenters. The Balaban J connectivity index is 4.99. The maximum atomic E-state index is 11.9. The van der Waals surface area contributed by atoms with Crippen LogP contribution in [-0.2, 0) is 4.53 Å². The van der Waals surface area contributed by atoms with E-state index in [0.717, 1.165) is 0 Å². The number of halogens is 6. The number of alkyl halides is 6. The Morgan fingerprint density at radius 1 is 0.933 bits per heavy atom. The Labute approximate surface area is 83.0 Å². The molecule has 0 saturated heterocycles. The number of hydrogen-bond acceptors (Lipinski definition) is 2. The predicted octanol–water partition coefficient (Wildman–Crippen LogP) is 3.32. The molecule has 0 fully saturated rings. The van der Waals surface area contributed by atoms with E-state index in [1.807, 2.05) is 0 Å². The largest absolute Gasteiger partial charge is 0.455 e. The molecule has 2 nitrogen and oxygen atoms in total. The zero-order chi connectivity index (χ0) is 12.5. The van der Waals surface area contributed by atoms with Gasteiger partial charge in [0.15, 0.2) is 0 Å². The summed E-state index contributed by atoms with van der Waals surface area (Å²) < 4.78 is 75.5. The Bertz CT molecular complexity index is 234. The third-order valence-corrected chi connectivity index (χ3v) is 1.59. The van der Waals surface area contributed by atoms with Crippen LogP contribution in [0.1, 0.15) is 0 Å².